The predicted octanol–water partition coefficient (Wildman–Crippen LogP) is 10.5. The van der Waals surface area contributed by atoms with Gasteiger partial charge in [0, 0.05) is 32.4 Å². The molecule has 4 nitrogen and oxygen atoms in total. The van der Waals surface area contributed by atoms with Crippen molar-refractivity contribution in [3.63, 3.8) is 0 Å². The third kappa shape index (κ3) is 5.78. The van der Waals surface area contributed by atoms with Gasteiger partial charge in [-0.2, -0.15) is 5.26 Å². The van der Waals surface area contributed by atoms with Crippen LogP contribution in [0.25, 0.3) is 0 Å². The number of amidine groups is 2. The standard InChI is InChI=1S/C46H42N4S2/c47-27-28-11-8-14-30(23-28)45-48-44(29-12-2-1-3-13-29)49-46(50-45)33-25-31(34-17-9-19-38-36-15-4-6-21-40(36)51-42(34)38)24-32(26-33)35-18-10-20-39-37-16-5-7-22-41(37)52-43(35)39/h1-8,11-16,21-23,25-26,31,34-36,39-40,43,46H,9-10,17-20,24H2,(H,48,49,50). The number of rotatable bonds is 5. The van der Waals surface area contributed by atoms with E-state index < -0.39 is 0 Å². The first kappa shape index (κ1) is 32.3. The number of benzene rings is 3. The Hall–Kier alpha value is -4.31. The molecule has 7 aliphatic rings. The molecule has 0 spiro atoms. The van der Waals surface area contributed by atoms with Gasteiger partial charge in [0.2, 0.25) is 0 Å². The van der Waals surface area contributed by atoms with Gasteiger partial charge in [-0.15, -0.1) is 23.5 Å². The summed E-state index contributed by atoms with van der Waals surface area (Å²) in [5.74, 6) is 4.27. The average molecular weight is 715 g/mol. The van der Waals surface area contributed by atoms with Crippen molar-refractivity contribution in [2.24, 2.45) is 33.7 Å². The Morgan fingerprint density at radius 2 is 1.56 bits per heavy atom. The fourth-order valence-electron chi connectivity index (χ4n) is 9.97. The van der Waals surface area contributed by atoms with E-state index in [-0.39, 0.29) is 6.17 Å². The normalized spacial score (nSPS) is 31.5. The highest BCUT2D eigenvalue weighted by molar-refractivity contribution is 8.04. The van der Waals surface area contributed by atoms with Crippen LogP contribution in [0.5, 0.6) is 0 Å². The van der Waals surface area contributed by atoms with Crippen LogP contribution in [0.1, 0.15) is 73.1 Å². The molecular weight excluding hydrogens is 673 g/mol. The summed E-state index contributed by atoms with van der Waals surface area (Å²) in [5, 5.41) is 14.4. The highest BCUT2D eigenvalue weighted by atomic mass is 32.2. The van der Waals surface area contributed by atoms with Crippen LogP contribution in [-0.2, 0) is 0 Å². The van der Waals surface area contributed by atoms with E-state index in [9.17, 15) is 5.26 Å². The zero-order valence-corrected chi connectivity index (χ0v) is 30.8. The van der Waals surface area contributed by atoms with Gasteiger partial charge in [0.15, 0.2) is 6.17 Å². The molecule has 4 aliphatic carbocycles. The maximum absolute atomic E-state index is 9.74. The Morgan fingerprint density at radius 3 is 2.46 bits per heavy atom. The van der Waals surface area contributed by atoms with Crippen molar-refractivity contribution < 1.29 is 0 Å². The summed E-state index contributed by atoms with van der Waals surface area (Å²) < 4.78 is 0. The fraction of sp³-hybridized carbons (Fsp3) is 0.326. The maximum Gasteiger partial charge on any atom is 0.169 e. The van der Waals surface area contributed by atoms with Crippen LogP contribution in [0.15, 0.2) is 152 Å². The van der Waals surface area contributed by atoms with E-state index >= 15 is 0 Å². The molecule has 1 N–H and O–H groups in total. The summed E-state index contributed by atoms with van der Waals surface area (Å²) in [7, 11) is 0. The topological polar surface area (TPSA) is 60.5 Å². The number of thioether (sulfide) groups is 2. The van der Waals surface area contributed by atoms with Gasteiger partial charge in [-0.1, -0.05) is 115 Å². The van der Waals surface area contributed by atoms with Gasteiger partial charge in [0.25, 0.3) is 0 Å². The SMILES string of the molecule is N#Cc1cccc(C2=NC(C3=CC(C4CCCC5=C4SC4C=CC=CC54)CC(C4CCCC5c6ccccc6SC45)=C3)N=C(c3ccccc3)N2)c1. The summed E-state index contributed by atoms with van der Waals surface area (Å²) in [6, 6.07) is 29.7. The molecule has 3 aromatic rings. The van der Waals surface area contributed by atoms with Gasteiger partial charge < -0.3 is 5.32 Å². The first-order chi connectivity index (χ1) is 25.7. The Morgan fingerprint density at radius 1 is 0.769 bits per heavy atom. The Bertz CT molecular complexity index is 2180. The lowest BCUT2D eigenvalue weighted by Gasteiger charge is -2.40. The van der Waals surface area contributed by atoms with Crippen molar-refractivity contribution in [1.82, 2.24) is 5.32 Å². The molecule has 0 bridgehead atoms. The van der Waals surface area contributed by atoms with E-state index in [2.05, 4.69) is 120 Å². The van der Waals surface area contributed by atoms with E-state index in [1.807, 2.05) is 30.3 Å². The number of hydrogen-bond acceptors (Lipinski definition) is 6. The molecule has 0 radical (unpaired) electrons. The van der Waals surface area contributed by atoms with Crippen LogP contribution in [0.2, 0.25) is 0 Å². The molecule has 8 atom stereocenters. The molecule has 1 fully saturated rings. The molecule has 3 aliphatic heterocycles. The zero-order chi connectivity index (χ0) is 34.6. The molecule has 3 aromatic carbocycles. The first-order valence-corrected chi connectivity index (χ1v) is 20.9. The summed E-state index contributed by atoms with van der Waals surface area (Å²) in [5.41, 5.74) is 8.70. The van der Waals surface area contributed by atoms with Crippen LogP contribution < -0.4 is 5.32 Å². The van der Waals surface area contributed by atoms with E-state index in [0.717, 1.165) is 29.2 Å². The van der Waals surface area contributed by atoms with Gasteiger partial charge in [0.05, 0.1) is 11.6 Å². The number of fused-ring (bicyclic) bond motifs is 5. The predicted molar refractivity (Wildman–Crippen MR) is 216 cm³/mol. The van der Waals surface area contributed by atoms with E-state index in [0.29, 0.717) is 45.7 Å². The Labute approximate surface area is 315 Å². The van der Waals surface area contributed by atoms with Gasteiger partial charge in [0.1, 0.15) is 11.7 Å². The van der Waals surface area contributed by atoms with Crippen LogP contribution in [0, 0.1) is 35.0 Å². The number of aliphatic imine (C=N–C) groups is 2. The third-order valence-corrected chi connectivity index (χ3v) is 15.4. The quantitative estimate of drug-likeness (QED) is 0.286. The smallest absolute Gasteiger partial charge is 0.169 e. The number of allylic oxidation sites excluding steroid dienone is 7. The van der Waals surface area contributed by atoms with Crippen LogP contribution in [-0.4, -0.2) is 28.3 Å². The monoisotopic (exact) mass is 714 g/mol. The molecule has 0 amide bonds. The van der Waals surface area contributed by atoms with Crippen molar-refractivity contribution in [3.8, 4) is 6.07 Å². The van der Waals surface area contributed by atoms with Crippen LogP contribution in [0.4, 0.5) is 0 Å². The fourth-order valence-corrected chi connectivity index (χ4v) is 13.4. The van der Waals surface area contributed by atoms with Gasteiger partial charge in [-0.25, -0.2) is 9.98 Å². The van der Waals surface area contributed by atoms with Crippen molar-refractivity contribution in [2.75, 3.05) is 0 Å². The second-order valence-electron chi connectivity index (χ2n) is 15.3. The summed E-state index contributed by atoms with van der Waals surface area (Å²) in [4.78, 5) is 13.9. The van der Waals surface area contributed by atoms with E-state index in [4.69, 9.17) is 9.98 Å². The van der Waals surface area contributed by atoms with Gasteiger partial charge in [-0.05, 0) is 96.4 Å². The highest BCUT2D eigenvalue weighted by Gasteiger charge is 2.45. The molecule has 6 heteroatoms. The number of hydrogen-bond donors (Lipinski definition) is 1. The summed E-state index contributed by atoms with van der Waals surface area (Å²) in [6.07, 6.45) is 22.8. The summed E-state index contributed by atoms with van der Waals surface area (Å²) >= 11 is 4.30. The minimum atomic E-state index is -0.371. The average Bonchev–Trinajstić information content (AvgIpc) is 3.80. The molecule has 0 saturated heterocycles. The van der Waals surface area contributed by atoms with Gasteiger partial charge >= 0.3 is 0 Å². The number of nitriles is 1. The largest absolute Gasteiger partial charge is 0.324 e. The molecule has 0 aromatic heterocycles. The van der Waals surface area contributed by atoms with Crippen LogP contribution >= 0.6 is 23.5 Å². The van der Waals surface area contributed by atoms with E-state index in [1.165, 1.54) is 49.0 Å². The molecule has 10 rings (SSSR count). The van der Waals surface area contributed by atoms with Crippen molar-refractivity contribution in [3.05, 3.63) is 159 Å². The minimum Gasteiger partial charge on any atom is -0.324 e. The van der Waals surface area contributed by atoms with Gasteiger partial charge in [-0.3, -0.25) is 0 Å². The number of nitrogens with zero attached hydrogens (tertiary/aromatic N) is 3. The lowest BCUT2D eigenvalue weighted by Crippen LogP contribution is -2.38. The lowest BCUT2D eigenvalue weighted by atomic mass is 9.68. The zero-order valence-electron chi connectivity index (χ0n) is 29.2. The second kappa shape index (κ2) is 13.6. The van der Waals surface area contributed by atoms with Crippen molar-refractivity contribution in [1.29, 1.82) is 5.26 Å². The van der Waals surface area contributed by atoms with E-state index in [1.54, 1.807) is 21.6 Å². The molecule has 1 saturated carbocycles. The molecule has 258 valence electrons. The first-order valence-electron chi connectivity index (χ1n) is 19.1. The van der Waals surface area contributed by atoms with Crippen molar-refractivity contribution >= 4 is 35.2 Å². The molecule has 8 unspecified atom stereocenters. The molecule has 52 heavy (non-hydrogen) atoms. The third-order valence-electron chi connectivity index (χ3n) is 12.3. The Kier molecular flexibility index (Phi) is 8.45. The number of nitrogens with one attached hydrogen (secondary N) is 1. The Balaban J connectivity index is 1.08. The maximum atomic E-state index is 9.74. The highest BCUT2D eigenvalue weighted by Crippen LogP contribution is 2.59. The summed E-state index contributed by atoms with van der Waals surface area (Å²) in [6.45, 7) is 0. The molecule has 3 heterocycles. The molecular formula is C46H42N4S2. The minimum absolute atomic E-state index is 0.371. The second-order valence-corrected chi connectivity index (χ2v) is 17.7. The van der Waals surface area contributed by atoms with Crippen LogP contribution in [0.3, 0.4) is 0 Å². The van der Waals surface area contributed by atoms with Crippen molar-refractivity contribution in [2.45, 2.75) is 72.4 Å². The lowest BCUT2D eigenvalue weighted by molar-refractivity contribution is 0.339.